The molecule has 1 aromatic carbocycles. The molecule has 25 heavy (non-hydrogen) atoms. The summed E-state index contributed by atoms with van der Waals surface area (Å²) < 4.78 is 21.2. The highest BCUT2D eigenvalue weighted by Crippen LogP contribution is 2.28. The van der Waals surface area contributed by atoms with E-state index in [1.807, 2.05) is 19.9 Å². The lowest BCUT2D eigenvalue weighted by Crippen LogP contribution is -2.36. The van der Waals surface area contributed by atoms with E-state index in [0.29, 0.717) is 12.2 Å². The second-order valence-corrected chi connectivity index (χ2v) is 6.58. The fourth-order valence-electron chi connectivity index (χ4n) is 3.66. The fourth-order valence-corrected chi connectivity index (χ4v) is 3.66. The van der Waals surface area contributed by atoms with Crippen molar-refractivity contribution in [3.05, 3.63) is 58.7 Å². The normalized spacial score (nSPS) is 18.3. The number of hydrogen-bond donors (Lipinski definition) is 1. The first kappa shape index (κ1) is 17.7. The summed E-state index contributed by atoms with van der Waals surface area (Å²) >= 11 is 0. The van der Waals surface area contributed by atoms with Crippen LogP contribution in [0, 0.1) is 19.7 Å². The number of ether oxygens (including phenoxy) is 1. The van der Waals surface area contributed by atoms with E-state index in [2.05, 4.69) is 16.8 Å². The first-order valence-electron chi connectivity index (χ1n) is 8.86. The zero-order chi connectivity index (χ0) is 18.0. The largest absolute Gasteiger partial charge is 0.376 e. The second kappa shape index (κ2) is 7.40. The van der Waals surface area contributed by atoms with Crippen molar-refractivity contribution in [1.82, 2.24) is 9.88 Å². The lowest BCUT2D eigenvalue weighted by molar-refractivity contribution is 0.0672. The average Bonchev–Trinajstić information content (AvgIpc) is 3.21. The number of benzene rings is 1. The monoisotopic (exact) mass is 344 g/mol. The van der Waals surface area contributed by atoms with Crippen LogP contribution in [0.4, 0.5) is 4.39 Å². The maximum absolute atomic E-state index is 13.3. The Balaban J connectivity index is 1.87. The van der Waals surface area contributed by atoms with Crippen molar-refractivity contribution in [3.63, 3.8) is 0 Å². The van der Waals surface area contributed by atoms with Gasteiger partial charge in [-0.25, -0.2) is 4.39 Å². The smallest absolute Gasteiger partial charge is 0.253 e. The van der Waals surface area contributed by atoms with Crippen LogP contribution in [0.15, 0.2) is 30.3 Å². The summed E-state index contributed by atoms with van der Waals surface area (Å²) in [6, 6.07) is 7.93. The van der Waals surface area contributed by atoms with Gasteiger partial charge < -0.3 is 14.6 Å². The third-order valence-corrected chi connectivity index (χ3v) is 4.99. The molecule has 1 N–H and O–H groups in total. The number of hydrogen-bond acceptors (Lipinski definition) is 2. The van der Waals surface area contributed by atoms with Crippen LogP contribution in [0.1, 0.15) is 53.1 Å². The average molecular weight is 344 g/mol. The summed E-state index contributed by atoms with van der Waals surface area (Å²) in [5.74, 6) is -0.398. The number of aryl methyl sites for hydroxylation is 1. The predicted molar refractivity (Wildman–Crippen MR) is 95.2 cm³/mol. The quantitative estimate of drug-likeness (QED) is 0.893. The summed E-state index contributed by atoms with van der Waals surface area (Å²) in [4.78, 5) is 12.9. The Hall–Kier alpha value is -2.14. The maximum Gasteiger partial charge on any atom is 0.253 e. The first-order chi connectivity index (χ1) is 12.0. The summed E-state index contributed by atoms with van der Waals surface area (Å²) in [6.45, 7) is 7.56. The lowest BCUT2D eigenvalue weighted by atomic mass is 9.98. The number of halogens is 1. The molecular weight excluding hydrogens is 319 g/mol. The molecule has 0 aliphatic carbocycles. The molecule has 2 unspecified atom stereocenters. The molecule has 2 heterocycles. The number of amides is 1. The Morgan fingerprint density at radius 2 is 2.08 bits per heavy atom. The number of carbonyl (C=O) groups is 1. The van der Waals surface area contributed by atoms with Crippen molar-refractivity contribution in [2.24, 2.45) is 0 Å². The molecule has 1 saturated heterocycles. The van der Waals surface area contributed by atoms with E-state index >= 15 is 0 Å². The van der Waals surface area contributed by atoms with Crippen LogP contribution < -0.4 is 5.32 Å². The van der Waals surface area contributed by atoms with E-state index in [1.165, 1.54) is 12.1 Å². The molecule has 1 aliphatic heterocycles. The van der Waals surface area contributed by atoms with Gasteiger partial charge in [0.1, 0.15) is 5.82 Å². The standard InChI is InChI=1S/C20H25FN2O2/c1-4-23-13(2)12-17(14(23)3)20(24)22-19(18-6-5-11-25-18)15-7-9-16(21)10-8-15/h7-10,12,18-19H,4-6,11H2,1-3H3,(H,22,24). The van der Waals surface area contributed by atoms with Crippen LogP contribution in [0.2, 0.25) is 0 Å². The Bertz CT molecular complexity index is 746. The van der Waals surface area contributed by atoms with Crippen molar-refractivity contribution in [2.45, 2.75) is 52.3 Å². The molecule has 4 nitrogen and oxygen atoms in total. The van der Waals surface area contributed by atoms with Crippen LogP contribution in [0.5, 0.6) is 0 Å². The van der Waals surface area contributed by atoms with E-state index in [1.54, 1.807) is 12.1 Å². The third kappa shape index (κ3) is 3.61. The van der Waals surface area contributed by atoms with Crippen molar-refractivity contribution in [1.29, 1.82) is 0 Å². The summed E-state index contributed by atoms with van der Waals surface area (Å²) in [5, 5.41) is 3.12. The van der Waals surface area contributed by atoms with E-state index < -0.39 is 0 Å². The SMILES string of the molecule is CCn1c(C)cc(C(=O)NC(c2ccc(F)cc2)C2CCCO2)c1C. The van der Waals surface area contributed by atoms with Gasteiger partial charge in [0.15, 0.2) is 0 Å². The van der Waals surface area contributed by atoms with Gasteiger partial charge in [-0.15, -0.1) is 0 Å². The van der Waals surface area contributed by atoms with Gasteiger partial charge >= 0.3 is 0 Å². The zero-order valence-corrected chi connectivity index (χ0v) is 15.0. The molecule has 5 heteroatoms. The molecule has 1 aromatic heterocycles. The number of nitrogens with one attached hydrogen (secondary N) is 1. The topological polar surface area (TPSA) is 43.3 Å². The van der Waals surface area contributed by atoms with E-state index in [4.69, 9.17) is 4.74 Å². The van der Waals surface area contributed by atoms with E-state index in [-0.39, 0.29) is 23.9 Å². The van der Waals surface area contributed by atoms with Gasteiger partial charge in [0.25, 0.3) is 5.91 Å². The summed E-state index contributed by atoms with van der Waals surface area (Å²) in [5.41, 5.74) is 3.58. The van der Waals surface area contributed by atoms with Gasteiger partial charge in [0, 0.05) is 24.5 Å². The van der Waals surface area contributed by atoms with Gasteiger partial charge in [-0.05, 0) is 57.4 Å². The van der Waals surface area contributed by atoms with E-state index in [0.717, 1.165) is 36.3 Å². The number of aromatic nitrogens is 1. The minimum Gasteiger partial charge on any atom is -0.376 e. The third-order valence-electron chi connectivity index (χ3n) is 4.99. The predicted octanol–water partition coefficient (Wildman–Crippen LogP) is 3.91. The van der Waals surface area contributed by atoms with Crippen LogP contribution >= 0.6 is 0 Å². The van der Waals surface area contributed by atoms with Crippen LogP contribution in [0.25, 0.3) is 0 Å². The van der Waals surface area contributed by atoms with Crippen molar-refractivity contribution in [3.8, 4) is 0 Å². The molecule has 0 radical (unpaired) electrons. The molecule has 134 valence electrons. The molecule has 1 aliphatic rings. The highest BCUT2D eigenvalue weighted by atomic mass is 19.1. The summed E-state index contributed by atoms with van der Waals surface area (Å²) in [6.07, 6.45) is 1.78. The number of carbonyl (C=O) groups excluding carboxylic acids is 1. The van der Waals surface area contributed by atoms with Gasteiger partial charge in [-0.2, -0.15) is 0 Å². The van der Waals surface area contributed by atoms with Crippen molar-refractivity contribution < 1.29 is 13.9 Å². The zero-order valence-electron chi connectivity index (χ0n) is 15.0. The van der Waals surface area contributed by atoms with Gasteiger partial charge in [0.05, 0.1) is 17.7 Å². The Labute approximate surface area is 148 Å². The Kier molecular flexibility index (Phi) is 5.23. The van der Waals surface area contributed by atoms with Crippen molar-refractivity contribution in [2.75, 3.05) is 6.61 Å². The molecule has 0 saturated carbocycles. The van der Waals surface area contributed by atoms with Gasteiger partial charge in [-0.1, -0.05) is 12.1 Å². The minimum atomic E-state index is -0.285. The molecule has 2 atom stereocenters. The highest BCUT2D eigenvalue weighted by molar-refractivity contribution is 5.96. The molecule has 1 fully saturated rings. The van der Waals surface area contributed by atoms with Crippen LogP contribution in [-0.2, 0) is 11.3 Å². The van der Waals surface area contributed by atoms with E-state index in [9.17, 15) is 9.18 Å². The number of nitrogens with zero attached hydrogens (tertiary/aromatic N) is 1. The number of rotatable bonds is 5. The highest BCUT2D eigenvalue weighted by Gasteiger charge is 2.30. The Morgan fingerprint density at radius 3 is 2.64 bits per heavy atom. The van der Waals surface area contributed by atoms with Gasteiger partial charge in [-0.3, -0.25) is 4.79 Å². The molecule has 2 aromatic rings. The Morgan fingerprint density at radius 1 is 1.36 bits per heavy atom. The van der Waals surface area contributed by atoms with Crippen LogP contribution in [-0.4, -0.2) is 23.2 Å². The minimum absolute atomic E-state index is 0.0796. The fraction of sp³-hybridized carbons (Fsp3) is 0.450. The molecule has 0 spiro atoms. The summed E-state index contributed by atoms with van der Waals surface area (Å²) in [7, 11) is 0. The molecule has 0 bridgehead atoms. The molecule has 1 amide bonds. The maximum atomic E-state index is 13.3. The first-order valence-corrected chi connectivity index (χ1v) is 8.86. The molecule has 3 rings (SSSR count). The second-order valence-electron chi connectivity index (χ2n) is 6.58. The van der Waals surface area contributed by atoms with Crippen LogP contribution in [0.3, 0.4) is 0 Å². The van der Waals surface area contributed by atoms with Gasteiger partial charge in [0.2, 0.25) is 0 Å². The molecular formula is C20H25FN2O2. The lowest BCUT2D eigenvalue weighted by Gasteiger charge is -2.25. The van der Waals surface area contributed by atoms with Crippen molar-refractivity contribution >= 4 is 5.91 Å².